The fraction of sp³-hybridized carbons (Fsp3) is 0.261. The maximum absolute atomic E-state index is 12.9. The van der Waals surface area contributed by atoms with E-state index in [4.69, 9.17) is 0 Å². The van der Waals surface area contributed by atoms with Crippen molar-refractivity contribution >= 4 is 29.6 Å². The molecule has 0 radical (unpaired) electrons. The predicted octanol–water partition coefficient (Wildman–Crippen LogP) is 1.39. The predicted molar refractivity (Wildman–Crippen MR) is 111 cm³/mol. The minimum Gasteiger partial charge on any atom is -0.481 e. The first-order valence-electron chi connectivity index (χ1n) is 10.2. The Morgan fingerprint density at radius 1 is 1.12 bits per heavy atom. The minimum absolute atomic E-state index is 0.161. The van der Waals surface area contributed by atoms with Gasteiger partial charge in [0.15, 0.2) is 0 Å². The van der Waals surface area contributed by atoms with Crippen LogP contribution in [0.15, 0.2) is 48.5 Å². The van der Waals surface area contributed by atoms with Crippen LogP contribution < -0.4 is 10.6 Å². The molecular formula is C23H21N3O6. The van der Waals surface area contributed by atoms with Gasteiger partial charge in [0.1, 0.15) is 6.04 Å². The van der Waals surface area contributed by atoms with Crippen LogP contribution in [-0.4, -0.2) is 45.6 Å². The number of carboxylic acid groups (broad SMARTS) is 1. The van der Waals surface area contributed by atoms with Gasteiger partial charge in [0, 0.05) is 24.1 Å². The van der Waals surface area contributed by atoms with Gasteiger partial charge in [0.2, 0.25) is 11.8 Å². The van der Waals surface area contributed by atoms with Gasteiger partial charge in [-0.05, 0) is 29.7 Å². The summed E-state index contributed by atoms with van der Waals surface area (Å²) in [5.41, 5.74) is 1.87. The number of benzene rings is 2. The Labute approximate surface area is 183 Å². The number of hydrogen-bond donors (Lipinski definition) is 3. The van der Waals surface area contributed by atoms with Crippen LogP contribution >= 0.6 is 0 Å². The second-order valence-electron chi connectivity index (χ2n) is 7.81. The van der Waals surface area contributed by atoms with E-state index in [0.29, 0.717) is 16.7 Å². The first kappa shape index (κ1) is 21.2. The monoisotopic (exact) mass is 435 g/mol. The molecule has 0 aromatic heterocycles. The summed E-state index contributed by atoms with van der Waals surface area (Å²) in [5, 5.41) is 14.2. The summed E-state index contributed by atoms with van der Waals surface area (Å²) in [6.45, 7) is 0.216. The second-order valence-corrected chi connectivity index (χ2v) is 7.81. The summed E-state index contributed by atoms with van der Waals surface area (Å²) >= 11 is 0. The lowest BCUT2D eigenvalue weighted by Crippen LogP contribution is -2.52. The molecule has 0 saturated carbocycles. The summed E-state index contributed by atoms with van der Waals surface area (Å²) in [7, 11) is 0. The molecule has 9 nitrogen and oxygen atoms in total. The average Bonchev–Trinajstić information content (AvgIpc) is 3.09. The van der Waals surface area contributed by atoms with Crippen LogP contribution in [0.1, 0.15) is 57.1 Å². The highest BCUT2D eigenvalue weighted by molar-refractivity contribution is 6.06. The Bertz CT molecular complexity index is 1110. The molecule has 9 heteroatoms. The highest BCUT2D eigenvalue weighted by Crippen LogP contribution is 2.28. The molecule has 2 aliphatic rings. The largest absolute Gasteiger partial charge is 0.481 e. The van der Waals surface area contributed by atoms with Gasteiger partial charge in [-0.15, -0.1) is 0 Å². The van der Waals surface area contributed by atoms with E-state index in [2.05, 4.69) is 10.6 Å². The summed E-state index contributed by atoms with van der Waals surface area (Å²) in [6, 6.07) is 12.0. The van der Waals surface area contributed by atoms with Crippen LogP contribution in [0, 0.1) is 0 Å². The zero-order valence-electron chi connectivity index (χ0n) is 17.0. The van der Waals surface area contributed by atoms with Crippen LogP contribution in [0.25, 0.3) is 0 Å². The molecule has 1 saturated heterocycles. The first-order valence-corrected chi connectivity index (χ1v) is 10.2. The average molecular weight is 435 g/mol. The van der Waals surface area contributed by atoms with Crippen LogP contribution in [-0.2, 0) is 20.9 Å². The van der Waals surface area contributed by atoms with Crippen molar-refractivity contribution in [1.82, 2.24) is 15.5 Å². The van der Waals surface area contributed by atoms with Crippen molar-refractivity contribution in [3.8, 4) is 0 Å². The maximum atomic E-state index is 12.9. The zero-order chi connectivity index (χ0) is 22.8. The number of nitrogens with zero attached hydrogens (tertiary/aromatic N) is 1. The normalized spacial score (nSPS) is 18.7. The molecule has 1 fully saturated rings. The van der Waals surface area contributed by atoms with Gasteiger partial charge in [-0.2, -0.15) is 0 Å². The Balaban J connectivity index is 1.52. The summed E-state index contributed by atoms with van der Waals surface area (Å²) < 4.78 is 0. The summed E-state index contributed by atoms with van der Waals surface area (Å²) in [5.74, 6) is -2.80. The molecular weight excluding hydrogens is 414 g/mol. The number of piperidine rings is 1. The number of nitrogens with one attached hydrogen (secondary N) is 2. The van der Waals surface area contributed by atoms with Gasteiger partial charge in [0.05, 0.1) is 12.5 Å². The number of hydrogen-bond acceptors (Lipinski definition) is 5. The van der Waals surface area contributed by atoms with E-state index in [-0.39, 0.29) is 43.2 Å². The van der Waals surface area contributed by atoms with Crippen molar-refractivity contribution in [2.24, 2.45) is 0 Å². The third-order valence-electron chi connectivity index (χ3n) is 5.68. The van der Waals surface area contributed by atoms with Crippen molar-refractivity contribution in [3.63, 3.8) is 0 Å². The zero-order valence-corrected chi connectivity index (χ0v) is 17.0. The Morgan fingerprint density at radius 3 is 2.56 bits per heavy atom. The smallest absolute Gasteiger partial charge is 0.305 e. The summed E-state index contributed by atoms with van der Waals surface area (Å²) in [4.78, 5) is 62.0. The van der Waals surface area contributed by atoms with E-state index in [1.54, 1.807) is 42.5 Å². The van der Waals surface area contributed by atoms with Gasteiger partial charge in [-0.3, -0.25) is 29.3 Å². The molecule has 3 N–H and O–H groups in total. The molecule has 32 heavy (non-hydrogen) atoms. The van der Waals surface area contributed by atoms with Crippen LogP contribution in [0.3, 0.4) is 0 Å². The third kappa shape index (κ3) is 4.22. The Hall–Kier alpha value is -4.01. The number of carbonyl (C=O) groups excluding carboxylic acids is 4. The number of fused-ring (bicyclic) bond motifs is 1. The van der Waals surface area contributed by atoms with Crippen molar-refractivity contribution < 1.29 is 29.1 Å². The molecule has 0 aliphatic carbocycles. The highest BCUT2D eigenvalue weighted by Gasteiger charge is 2.39. The first-order chi connectivity index (χ1) is 15.3. The van der Waals surface area contributed by atoms with E-state index in [1.165, 1.54) is 11.0 Å². The fourth-order valence-corrected chi connectivity index (χ4v) is 4.05. The Kier molecular flexibility index (Phi) is 5.72. The molecule has 2 atom stereocenters. The highest BCUT2D eigenvalue weighted by atomic mass is 16.4. The summed E-state index contributed by atoms with van der Waals surface area (Å²) in [6.07, 6.45) is 0.128. The third-order valence-corrected chi connectivity index (χ3v) is 5.68. The SMILES string of the molecule is O=C(O)C[C@H](NC(=O)c1ccc2c(c1)C(=O)N(C1CCC(=O)NC1=O)C2)c1ccccc1. The lowest BCUT2D eigenvalue weighted by atomic mass is 10.0. The molecule has 1 unspecified atom stereocenters. The Morgan fingerprint density at radius 2 is 1.88 bits per heavy atom. The fourth-order valence-electron chi connectivity index (χ4n) is 4.05. The second kappa shape index (κ2) is 8.62. The molecule has 4 rings (SSSR count). The van der Waals surface area contributed by atoms with Gasteiger partial charge < -0.3 is 15.3 Å². The molecule has 2 aliphatic heterocycles. The lowest BCUT2D eigenvalue weighted by Gasteiger charge is -2.29. The van der Waals surface area contributed by atoms with Crippen molar-refractivity contribution in [3.05, 3.63) is 70.8 Å². The molecule has 2 heterocycles. The van der Waals surface area contributed by atoms with E-state index in [1.807, 2.05) is 0 Å². The number of rotatable bonds is 6. The number of amides is 4. The van der Waals surface area contributed by atoms with Gasteiger partial charge in [-0.1, -0.05) is 36.4 Å². The standard InChI is InChI=1S/C23H21N3O6/c27-19-9-8-18(22(31)25-19)26-12-15-7-6-14(10-16(15)23(26)32)21(30)24-17(11-20(28)29)13-4-2-1-3-5-13/h1-7,10,17-18H,8-9,11-12H2,(H,24,30)(H,28,29)(H,25,27,31)/t17-,18?/m0/s1. The number of aliphatic carboxylic acids is 1. The quantitative estimate of drug-likeness (QED) is 0.588. The number of imide groups is 1. The molecule has 2 aromatic rings. The van der Waals surface area contributed by atoms with E-state index >= 15 is 0 Å². The van der Waals surface area contributed by atoms with Crippen molar-refractivity contribution in [2.45, 2.75) is 37.9 Å². The number of carboxylic acids is 1. The van der Waals surface area contributed by atoms with E-state index in [9.17, 15) is 29.1 Å². The van der Waals surface area contributed by atoms with Gasteiger partial charge in [-0.25, -0.2) is 0 Å². The molecule has 0 spiro atoms. The van der Waals surface area contributed by atoms with Crippen LogP contribution in [0.5, 0.6) is 0 Å². The number of carbonyl (C=O) groups is 5. The lowest BCUT2D eigenvalue weighted by molar-refractivity contribution is -0.138. The van der Waals surface area contributed by atoms with E-state index in [0.717, 1.165) is 0 Å². The molecule has 4 amide bonds. The molecule has 2 aromatic carbocycles. The van der Waals surface area contributed by atoms with Crippen LogP contribution in [0.2, 0.25) is 0 Å². The minimum atomic E-state index is -1.05. The molecule has 164 valence electrons. The van der Waals surface area contributed by atoms with Gasteiger partial charge >= 0.3 is 5.97 Å². The van der Waals surface area contributed by atoms with Crippen molar-refractivity contribution in [1.29, 1.82) is 0 Å². The topological polar surface area (TPSA) is 133 Å². The molecule has 0 bridgehead atoms. The van der Waals surface area contributed by atoms with E-state index < -0.39 is 29.9 Å². The van der Waals surface area contributed by atoms with Gasteiger partial charge in [0.25, 0.3) is 11.8 Å². The van der Waals surface area contributed by atoms with Crippen LogP contribution in [0.4, 0.5) is 0 Å². The maximum Gasteiger partial charge on any atom is 0.305 e. The van der Waals surface area contributed by atoms with Crippen molar-refractivity contribution in [2.75, 3.05) is 0 Å².